The number of esters is 1. The van der Waals surface area contributed by atoms with E-state index in [1.807, 2.05) is 0 Å². The molecular weight excluding hydrogens is 289 g/mol. The Morgan fingerprint density at radius 3 is 2.29 bits per heavy atom. The number of ether oxygens (including phenoxy) is 1. The number of hydrogen-bond donors (Lipinski definition) is 0. The Morgan fingerprint density at radius 2 is 1.94 bits per heavy atom. The first-order valence-electron chi connectivity index (χ1n) is 4.08. The summed E-state index contributed by atoms with van der Waals surface area (Å²) in [4.78, 5) is 10.8. The van der Waals surface area contributed by atoms with E-state index >= 15 is 0 Å². The van der Waals surface area contributed by atoms with E-state index in [2.05, 4.69) is 8.92 Å². The molecule has 100 valence electrons. The molecular formula is C7H8ClF3O5S. The van der Waals surface area contributed by atoms with Gasteiger partial charge in [0.15, 0.2) is 0 Å². The summed E-state index contributed by atoms with van der Waals surface area (Å²) in [5, 5.41) is 0. The average molecular weight is 297 g/mol. The molecule has 0 aromatic carbocycles. The Hall–Kier alpha value is -0.960. The maximum absolute atomic E-state index is 11.9. The van der Waals surface area contributed by atoms with Gasteiger partial charge in [-0.25, -0.2) is 4.79 Å². The van der Waals surface area contributed by atoms with Crippen molar-refractivity contribution >= 4 is 27.7 Å². The van der Waals surface area contributed by atoms with Crippen LogP contribution in [0.25, 0.3) is 0 Å². The van der Waals surface area contributed by atoms with Crippen LogP contribution in [0.3, 0.4) is 0 Å². The molecule has 5 nitrogen and oxygen atoms in total. The molecule has 0 aliphatic heterocycles. The second-order valence-corrected chi connectivity index (χ2v) is 4.28. The third kappa shape index (κ3) is 5.26. The first kappa shape index (κ1) is 16.0. The van der Waals surface area contributed by atoms with Crippen molar-refractivity contribution in [2.24, 2.45) is 0 Å². The van der Waals surface area contributed by atoms with Crippen LogP contribution in [-0.2, 0) is 23.8 Å². The van der Waals surface area contributed by atoms with Gasteiger partial charge in [-0.3, -0.25) is 0 Å². The highest BCUT2D eigenvalue weighted by Gasteiger charge is 2.48. The molecule has 0 N–H and O–H groups in total. The molecule has 0 aliphatic carbocycles. The highest BCUT2D eigenvalue weighted by atomic mass is 35.5. The highest BCUT2D eigenvalue weighted by molar-refractivity contribution is 7.87. The molecule has 0 unspecified atom stereocenters. The number of alkyl halides is 4. The summed E-state index contributed by atoms with van der Waals surface area (Å²) in [7, 11) is -5.83. The van der Waals surface area contributed by atoms with E-state index in [0.29, 0.717) is 6.08 Å². The minimum absolute atomic E-state index is 0.0308. The number of halogens is 4. The van der Waals surface area contributed by atoms with E-state index < -0.39 is 33.2 Å². The Kier molecular flexibility index (Phi) is 5.76. The van der Waals surface area contributed by atoms with Gasteiger partial charge in [0.1, 0.15) is 5.76 Å². The molecule has 0 heterocycles. The van der Waals surface area contributed by atoms with Crippen molar-refractivity contribution in [3.8, 4) is 0 Å². The zero-order valence-corrected chi connectivity index (χ0v) is 10.0. The average Bonchev–Trinajstić information content (AvgIpc) is 2.14. The van der Waals surface area contributed by atoms with Gasteiger partial charge >= 0.3 is 21.6 Å². The summed E-state index contributed by atoms with van der Waals surface area (Å²) in [6, 6.07) is 0. The fraction of sp³-hybridized carbons (Fsp3) is 0.571. The van der Waals surface area contributed by atoms with E-state index in [4.69, 9.17) is 11.6 Å². The summed E-state index contributed by atoms with van der Waals surface area (Å²) in [6.45, 7) is 1.43. The van der Waals surface area contributed by atoms with Crippen LogP contribution in [0.4, 0.5) is 13.2 Å². The molecule has 10 heteroatoms. The third-order valence-electron chi connectivity index (χ3n) is 1.20. The maximum Gasteiger partial charge on any atom is 0.534 e. The van der Waals surface area contributed by atoms with E-state index in [1.165, 1.54) is 6.92 Å². The van der Waals surface area contributed by atoms with Crippen molar-refractivity contribution < 1.29 is 35.3 Å². The van der Waals surface area contributed by atoms with Crippen molar-refractivity contribution in [2.45, 2.75) is 12.4 Å². The Balaban J connectivity index is 4.91. The van der Waals surface area contributed by atoms with Crippen LogP contribution in [-0.4, -0.2) is 32.4 Å². The lowest BCUT2D eigenvalue weighted by atomic mass is 10.5. The first-order chi connectivity index (χ1) is 7.64. The van der Waals surface area contributed by atoms with Crippen molar-refractivity contribution in [1.29, 1.82) is 0 Å². The Morgan fingerprint density at radius 1 is 1.41 bits per heavy atom. The Labute approximate surface area is 100 Å². The van der Waals surface area contributed by atoms with Crippen LogP contribution in [0.15, 0.2) is 11.8 Å². The van der Waals surface area contributed by atoms with E-state index in [0.717, 1.165) is 0 Å². The number of allylic oxidation sites excluding steroid dienone is 1. The van der Waals surface area contributed by atoms with Gasteiger partial charge in [0.2, 0.25) is 0 Å². The van der Waals surface area contributed by atoms with Crippen molar-refractivity contribution in [3.05, 3.63) is 11.8 Å². The monoisotopic (exact) mass is 296 g/mol. The molecule has 0 spiro atoms. The van der Waals surface area contributed by atoms with Crippen LogP contribution in [0.5, 0.6) is 0 Å². The van der Waals surface area contributed by atoms with Gasteiger partial charge in [0.25, 0.3) is 0 Å². The SMILES string of the molecule is CCOC(=O)/C=C(\CCl)OS(=O)(=O)C(F)(F)F. The number of carbonyl (C=O) groups is 1. The number of hydrogen-bond acceptors (Lipinski definition) is 5. The smallest absolute Gasteiger partial charge is 0.463 e. The first-order valence-corrected chi connectivity index (χ1v) is 6.02. The van der Waals surface area contributed by atoms with Crippen molar-refractivity contribution in [2.75, 3.05) is 12.5 Å². The lowest BCUT2D eigenvalue weighted by Crippen LogP contribution is -2.25. The van der Waals surface area contributed by atoms with Gasteiger partial charge in [-0.15, -0.1) is 11.6 Å². The van der Waals surface area contributed by atoms with E-state index in [1.54, 1.807) is 0 Å². The largest absolute Gasteiger partial charge is 0.534 e. The van der Waals surface area contributed by atoms with Gasteiger partial charge in [-0.2, -0.15) is 21.6 Å². The molecule has 0 atom stereocenters. The fourth-order valence-electron chi connectivity index (χ4n) is 0.588. The van der Waals surface area contributed by atoms with Crippen LogP contribution >= 0.6 is 11.6 Å². The van der Waals surface area contributed by atoms with Gasteiger partial charge < -0.3 is 8.92 Å². The van der Waals surface area contributed by atoms with Gasteiger partial charge in [-0.1, -0.05) is 0 Å². The second-order valence-electron chi connectivity index (χ2n) is 2.48. The molecule has 0 saturated heterocycles. The molecule has 0 aromatic rings. The molecule has 0 radical (unpaired) electrons. The molecule has 0 rings (SSSR count). The van der Waals surface area contributed by atoms with Gasteiger partial charge in [-0.05, 0) is 6.92 Å². The summed E-state index contributed by atoms with van der Waals surface area (Å²) in [5.74, 6) is -2.66. The molecule has 17 heavy (non-hydrogen) atoms. The Bertz CT molecular complexity index is 400. The molecule has 0 aromatic heterocycles. The predicted octanol–water partition coefficient (Wildman–Crippen LogP) is 1.54. The van der Waals surface area contributed by atoms with Crippen LogP contribution in [0.1, 0.15) is 6.92 Å². The van der Waals surface area contributed by atoms with Gasteiger partial charge in [0.05, 0.1) is 18.6 Å². The minimum atomic E-state index is -5.83. The fourth-order valence-corrected chi connectivity index (χ4v) is 1.27. The lowest BCUT2D eigenvalue weighted by Gasteiger charge is -2.10. The van der Waals surface area contributed by atoms with E-state index in [9.17, 15) is 26.4 Å². The standard InChI is InChI=1S/C7H8ClF3O5S/c1-2-15-6(12)3-5(4-8)16-17(13,14)7(9,10)11/h3H,2,4H2,1H3/b5-3+. The maximum atomic E-state index is 11.9. The predicted molar refractivity (Wildman–Crippen MR) is 51.5 cm³/mol. The summed E-state index contributed by atoms with van der Waals surface area (Å²) in [6.07, 6.45) is 0.430. The van der Waals surface area contributed by atoms with Crippen molar-refractivity contribution in [3.63, 3.8) is 0 Å². The quantitative estimate of drug-likeness (QED) is 0.192. The summed E-state index contributed by atoms with van der Waals surface area (Å²) >= 11 is 5.14. The summed E-state index contributed by atoms with van der Waals surface area (Å²) < 4.78 is 64.9. The van der Waals surface area contributed by atoms with Gasteiger partial charge in [0, 0.05) is 0 Å². The molecule has 0 aliphatic rings. The molecule has 0 fully saturated rings. The summed E-state index contributed by atoms with van der Waals surface area (Å²) in [5.41, 5.74) is -5.59. The normalized spacial score (nSPS) is 13.4. The third-order valence-corrected chi connectivity index (χ3v) is 2.46. The van der Waals surface area contributed by atoms with Crippen molar-refractivity contribution in [1.82, 2.24) is 0 Å². The lowest BCUT2D eigenvalue weighted by molar-refractivity contribution is -0.137. The highest BCUT2D eigenvalue weighted by Crippen LogP contribution is 2.26. The van der Waals surface area contributed by atoms with Crippen LogP contribution in [0, 0.1) is 0 Å². The second kappa shape index (κ2) is 6.10. The zero-order chi connectivity index (χ0) is 13.7. The number of carbonyl (C=O) groups excluding carboxylic acids is 1. The molecule has 0 bridgehead atoms. The van der Waals surface area contributed by atoms with Crippen LogP contribution in [0.2, 0.25) is 0 Å². The number of rotatable bonds is 5. The van der Waals surface area contributed by atoms with Crippen LogP contribution < -0.4 is 0 Å². The molecule has 0 saturated carbocycles. The minimum Gasteiger partial charge on any atom is -0.463 e. The zero-order valence-electron chi connectivity index (χ0n) is 8.45. The van der Waals surface area contributed by atoms with E-state index in [-0.39, 0.29) is 6.61 Å². The molecule has 0 amide bonds. The topological polar surface area (TPSA) is 69.7 Å².